The fourth-order valence-electron chi connectivity index (χ4n) is 3.68. The number of likely N-dealkylation sites (N-methyl/N-ethyl adjacent to an activating group) is 1. The summed E-state index contributed by atoms with van der Waals surface area (Å²) in [5.41, 5.74) is 4.87. The summed E-state index contributed by atoms with van der Waals surface area (Å²) in [4.78, 5) is 13.9. The molecule has 0 aliphatic carbocycles. The van der Waals surface area contributed by atoms with Crippen molar-refractivity contribution in [2.45, 2.75) is 6.04 Å². The summed E-state index contributed by atoms with van der Waals surface area (Å²) in [6.45, 7) is 1.94. The van der Waals surface area contributed by atoms with Crippen LogP contribution in [0, 0.1) is 5.82 Å². The molecule has 1 aliphatic heterocycles. The molecule has 152 valence electrons. The summed E-state index contributed by atoms with van der Waals surface area (Å²) >= 11 is 6.07. The molecule has 5 rings (SSSR count). The van der Waals surface area contributed by atoms with Crippen LogP contribution in [0.3, 0.4) is 0 Å². The highest BCUT2D eigenvalue weighted by Gasteiger charge is 2.28. The first-order chi connectivity index (χ1) is 14.5. The Balaban J connectivity index is 1.52. The van der Waals surface area contributed by atoms with Crippen LogP contribution in [0.15, 0.2) is 48.8 Å². The number of halogens is 2. The van der Waals surface area contributed by atoms with Gasteiger partial charge in [-0.3, -0.25) is 10.1 Å². The summed E-state index contributed by atoms with van der Waals surface area (Å²) in [6, 6.07) is 10.8. The van der Waals surface area contributed by atoms with Gasteiger partial charge < -0.3 is 9.80 Å². The van der Waals surface area contributed by atoms with Gasteiger partial charge in [-0.15, -0.1) is 0 Å². The maximum atomic E-state index is 14.4. The van der Waals surface area contributed by atoms with Gasteiger partial charge >= 0.3 is 0 Å². The molecule has 0 atom stereocenters. The average molecular weight is 423 g/mol. The first-order valence-electron chi connectivity index (χ1n) is 9.67. The number of anilines is 1. The lowest BCUT2D eigenvalue weighted by atomic mass is 10.0. The maximum Gasteiger partial charge on any atom is 0.132 e. The molecule has 3 aromatic heterocycles. The van der Waals surface area contributed by atoms with Crippen LogP contribution in [-0.2, 0) is 0 Å². The van der Waals surface area contributed by atoms with Crippen molar-refractivity contribution in [3.8, 4) is 22.5 Å². The lowest BCUT2D eigenvalue weighted by Crippen LogP contribution is -2.57. The molecule has 0 amide bonds. The van der Waals surface area contributed by atoms with E-state index in [1.165, 1.54) is 12.1 Å². The van der Waals surface area contributed by atoms with Gasteiger partial charge in [0.05, 0.1) is 28.6 Å². The van der Waals surface area contributed by atoms with E-state index in [4.69, 9.17) is 16.6 Å². The third-order valence-electron chi connectivity index (χ3n) is 5.58. The standard InChI is InChI=1S/C22H20ClFN6/c1-29(2)15-11-30(12-15)14-8-21-20(25-9-14)6-5-19(27-21)17-10-26-28-22(17)16-7-13(23)3-4-18(16)24/h3-10,15H,11-12H2,1-2H3,(H,26,28). The quantitative estimate of drug-likeness (QED) is 0.533. The largest absolute Gasteiger partial charge is 0.367 e. The normalized spacial score (nSPS) is 14.5. The van der Waals surface area contributed by atoms with Gasteiger partial charge in [-0.25, -0.2) is 9.37 Å². The van der Waals surface area contributed by atoms with Crippen LogP contribution in [-0.4, -0.2) is 58.3 Å². The summed E-state index contributed by atoms with van der Waals surface area (Å²) in [7, 11) is 4.19. The minimum Gasteiger partial charge on any atom is -0.367 e. The van der Waals surface area contributed by atoms with Crippen LogP contribution < -0.4 is 4.90 Å². The first-order valence-corrected chi connectivity index (χ1v) is 10.0. The predicted octanol–water partition coefficient (Wildman–Crippen LogP) is 4.23. The lowest BCUT2D eigenvalue weighted by Gasteiger charge is -2.44. The number of aromatic amines is 1. The molecule has 0 spiro atoms. The molecule has 0 radical (unpaired) electrons. The second-order valence-corrected chi connectivity index (χ2v) is 8.16. The topological polar surface area (TPSA) is 60.9 Å². The van der Waals surface area contributed by atoms with Crippen LogP contribution in [0.5, 0.6) is 0 Å². The van der Waals surface area contributed by atoms with Crippen LogP contribution in [0.2, 0.25) is 5.02 Å². The Labute approximate surface area is 178 Å². The minimum atomic E-state index is -0.384. The van der Waals surface area contributed by atoms with Crippen molar-refractivity contribution >= 4 is 28.3 Å². The third-order valence-corrected chi connectivity index (χ3v) is 5.82. The smallest absolute Gasteiger partial charge is 0.132 e. The molecule has 0 bridgehead atoms. The molecule has 4 aromatic rings. The zero-order valence-electron chi connectivity index (χ0n) is 16.6. The van der Waals surface area contributed by atoms with Crippen LogP contribution in [0.1, 0.15) is 0 Å². The molecule has 1 saturated heterocycles. The van der Waals surface area contributed by atoms with Crippen molar-refractivity contribution in [2.24, 2.45) is 0 Å². The Bertz CT molecular complexity index is 1230. The van der Waals surface area contributed by atoms with E-state index >= 15 is 0 Å². The Hall–Kier alpha value is -3.03. The highest BCUT2D eigenvalue weighted by Crippen LogP contribution is 2.33. The van der Waals surface area contributed by atoms with Gasteiger partial charge in [-0.2, -0.15) is 5.10 Å². The number of rotatable bonds is 4. The second-order valence-electron chi connectivity index (χ2n) is 7.72. The van der Waals surface area contributed by atoms with Crippen molar-refractivity contribution < 1.29 is 4.39 Å². The number of pyridine rings is 2. The molecular formula is C22H20ClFN6. The Morgan fingerprint density at radius 1 is 1.10 bits per heavy atom. The van der Waals surface area contributed by atoms with E-state index in [0.29, 0.717) is 33.6 Å². The number of hydrogen-bond donors (Lipinski definition) is 1. The van der Waals surface area contributed by atoms with Gasteiger partial charge in [-0.1, -0.05) is 11.6 Å². The van der Waals surface area contributed by atoms with Gasteiger partial charge in [0.25, 0.3) is 0 Å². The van der Waals surface area contributed by atoms with Gasteiger partial charge in [0.2, 0.25) is 0 Å². The number of H-pyrrole nitrogens is 1. The van der Waals surface area contributed by atoms with E-state index in [1.807, 2.05) is 18.3 Å². The molecule has 0 unspecified atom stereocenters. The molecule has 1 aliphatic rings. The number of aromatic nitrogens is 4. The first kappa shape index (κ1) is 19.0. The molecule has 4 heterocycles. The Morgan fingerprint density at radius 2 is 1.93 bits per heavy atom. The van der Waals surface area contributed by atoms with Gasteiger partial charge in [0.1, 0.15) is 11.5 Å². The van der Waals surface area contributed by atoms with E-state index in [2.05, 4.69) is 45.1 Å². The van der Waals surface area contributed by atoms with Gasteiger partial charge in [0, 0.05) is 41.5 Å². The molecule has 6 nitrogen and oxygen atoms in total. The summed E-state index contributed by atoms with van der Waals surface area (Å²) < 4.78 is 14.4. The average Bonchev–Trinajstić information content (AvgIpc) is 3.17. The van der Waals surface area contributed by atoms with Gasteiger partial charge in [-0.05, 0) is 50.5 Å². The monoisotopic (exact) mass is 422 g/mol. The van der Waals surface area contributed by atoms with Crippen molar-refractivity contribution in [1.29, 1.82) is 0 Å². The van der Waals surface area contributed by atoms with Crippen LogP contribution >= 0.6 is 11.6 Å². The molecule has 30 heavy (non-hydrogen) atoms. The summed E-state index contributed by atoms with van der Waals surface area (Å²) in [5, 5.41) is 7.52. The van der Waals surface area contributed by atoms with Gasteiger partial charge in [0.15, 0.2) is 0 Å². The molecule has 1 aromatic carbocycles. The van der Waals surface area contributed by atoms with Crippen molar-refractivity contribution in [2.75, 3.05) is 32.1 Å². The molecule has 0 saturated carbocycles. The fourth-order valence-corrected chi connectivity index (χ4v) is 3.85. The highest BCUT2D eigenvalue weighted by molar-refractivity contribution is 6.30. The van der Waals surface area contributed by atoms with Crippen LogP contribution in [0.4, 0.5) is 10.1 Å². The Kier molecular flexibility index (Phi) is 4.64. The zero-order chi connectivity index (χ0) is 20.8. The summed E-state index contributed by atoms with van der Waals surface area (Å²) in [6.07, 6.45) is 3.61. The van der Waals surface area contributed by atoms with E-state index in [1.54, 1.807) is 12.3 Å². The lowest BCUT2D eigenvalue weighted by molar-refractivity contribution is 0.247. The predicted molar refractivity (Wildman–Crippen MR) is 117 cm³/mol. The van der Waals surface area contributed by atoms with Crippen molar-refractivity contribution in [3.63, 3.8) is 0 Å². The van der Waals surface area contributed by atoms with E-state index in [-0.39, 0.29) is 5.82 Å². The maximum absolute atomic E-state index is 14.4. The third kappa shape index (κ3) is 3.30. The SMILES string of the molecule is CN(C)C1CN(c2cnc3ccc(-c4c[nH]nc4-c4cc(Cl)ccc4F)nc3c2)C1. The minimum absolute atomic E-state index is 0.336. The number of nitrogens with zero attached hydrogens (tertiary/aromatic N) is 5. The van der Waals surface area contributed by atoms with Crippen LogP contribution in [0.25, 0.3) is 33.5 Å². The van der Waals surface area contributed by atoms with E-state index < -0.39 is 0 Å². The molecule has 1 fully saturated rings. The summed E-state index contributed by atoms with van der Waals surface area (Å²) in [5.74, 6) is -0.384. The number of hydrogen-bond acceptors (Lipinski definition) is 5. The second kappa shape index (κ2) is 7.34. The molecule has 8 heteroatoms. The van der Waals surface area contributed by atoms with Crippen molar-refractivity contribution in [3.05, 3.63) is 59.6 Å². The zero-order valence-corrected chi connectivity index (χ0v) is 17.4. The molecule has 1 N–H and O–H groups in total. The van der Waals surface area contributed by atoms with Crippen molar-refractivity contribution in [1.82, 2.24) is 25.1 Å². The molecular weight excluding hydrogens is 403 g/mol. The van der Waals surface area contributed by atoms with E-state index in [9.17, 15) is 4.39 Å². The Morgan fingerprint density at radius 3 is 2.73 bits per heavy atom. The number of nitrogens with one attached hydrogen (secondary N) is 1. The highest BCUT2D eigenvalue weighted by atomic mass is 35.5. The van der Waals surface area contributed by atoms with E-state index in [0.717, 1.165) is 29.8 Å². The number of fused-ring (bicyclic) bond motifs is 1. The number of benzene rings is 1. The fraction of sp³-hybridized carbons (Fsp3) is 0.227.